The lowest BCUT2D eigenvalue weighted by atomic mass is 10.3. The van der Waals surface area contributed by atoms with Crippen LogP contribution < -0.4 is 0 Å². The summed E-state index contributed by atoms with van der Waals surface area (Å²) in [5.74, 6) is -0.316. The van der Waals surface area contributed by atoms with Crippen LogP contribution in [0.2, 0.25) is 0 Å². The fraction of sp³-hybridized carbons (Fsp3) is 0.750. The van der Waals surface area contributed by atoms with E-state index in [4.69, 9.17) is 0 Å². The lowest BCUT2D eigenvalue weighted by Crippen LogP contribution is -2.36. The fourth-order valence-corrected chi connectivity index (χ4v) is 1.18. The summed E-state index contributed by atoms with van der Waals surface area (Å²) in [6.45, 7) is 1.63. The number of rotatable bonds is 3. The van der Waals surface area contributed by atoms with E-state index in [1.54, 1.807) is 6.92 Å². The summed E-state index contributed by atoms with van der Waals surface area (Å²) in [4.78, 5) is 24.6. The Hall–Kier alpha value is -1.13. The van der Waals surface area contributed by atoms with Crippen LogP contribution >= 0.6 is 0 Å². The van der Waals surface area contributed by atoms with Gasteiger partial charge in [0.15, 0.2) is 0 Å². The number of hydrogen-bond donors (Lipinski definition) is 0. The Morgan fingerprint density at radius 3 is 2.54 bits per heavy atom. The maximum atomic E-state index is 12.9. The van der Waals surface area contributed by atoms with Crippen molar-refractivity contribution < 1.29 is 14.0 Å². The molecule has 1 heterocycles. The van der Waals surface area contributed by atoms with Crippen molar-refractivity contribution in [2.45, 2.75) is 19.5 Å². The Bertz CT molecular complexity index is 232. The van der Waals surface area contributed by atoms with Crippen LogP contribution in [-0.2, 0) is 4.79 Å². The molecule has 74 valence electrons. The van der Waals surface area contributed by atoms with Crippen molar-refractivity contribution in [3.05, 3.63) is 0 Å². The van der Waals surface area contributed by atoms with Crippen molar-refractivity contribution in [3.8, 4) is 0 Å². The van der Waals surface area contributed by atoms with Crippen LogP contribution in [0.1, 0.15) is 13.3 Å². The lowest BCUT2D eigenvalue weighted by molar-refractivity contribution is -0.125. The molecular weight excluding hydrogens is 175 g/mol. The van der Waals surface area contributed by atoms with Crippen LogP contribution in [-0.4, -0.2) is 48.0 Å². The first-order chi connectivity index (χ1) is 6.06. The molecule has 1 unspecified atom stereocenters. The summed E-state index contributed by atoms with van der Waals surface area (Å²) in [6, 6.07) is -0.402. The number of carbonyl (C=O) groups is 2. The van der Waals surface area contributed by atoms with Crippen molar-refractivity contribution in [1.82, 2.24) is 9.80 Å². The highest BCUT2D eigenvalue weighted by Crippen LogP contribution is 2.10. The van der Waals surface area contributed by atoms with Crippen LogP contribution in [0, 0.1) is 0 Å². The summed E-state index contributed by atoms with van der Waals surface area (Å²) in [5, 5.41) is 0. The van der Waals surface area contributed by atoms with E-state index in [1.807, 2.05) is 0 Å². The zero-order chi connectivity index (χ0) is 10.0. The van der Waals surface area contributed by atoms with Crippen molar-refractivity contribution in [3.63, 3.8) is 0 Å². The van der Waals surface area contributed by atoms with Crippen LogP contribution in [0.5, 0.6) is 0 Å². The Morgan fingerprint density at radius 2 is 2.15 bits per heavy atom. The molecule has 1 saturated heterocycles. The van der Waals surface area contributed by atoms with Crippen molar-refractivity contribution in [2.75, 3.05) is 20.1 Å². The third-order valence-electron chi connectivity index (χ3n) is 2.05. The average molecular weight is 188 g/mol. The van der Waals surface area contributed by atoms with Gasteiger partial charge >= 0.3 is 6.03 Å². The van der Waals surface area contributed by atoms with Gasteiger partial charge in [-0.1, -0.05) is 6.92 Å². The number of alkyl halides is 1. The van der Waals surface area contributed by atoms with Gasteiger partial charge in [0.05, 0.1) is 6.54 Å². The predicted molar refractivity (Wildman–Crippen MR) is 44.9 cm³/mol. The molecule has 0 saturated carbocycles. The minimum atomic E-state index is -1.11. The van der Waals surface area contributed by atoms with Gasteiger partial charge in [-0.15, -0.1) is 0 Å². The number of halogens is 1. The van der Waals surface area contributed by atoms with E-state index in [2.05, 4.69) is 0 Å². The van der Waals surface area contributed by atoms with E-state index in [0.29, 0.717) is 6.42 Å². The Kier molecular flexibility index (Phi) is 2.85. The molecule has 0 radical (unpaired) electrons. The van der Waals surface area contributed by atoms with E-state index in [9.17, 15) is 14.0 Å². The summed E-state index contributed by atoms with van der Waals surface area (Å²) >= 11 is 0. The molecular formula is C8H13FN2O2. The largest absolute Gasteiger partial charge is 0.327 e. The Balaban J connectivity index is 2.59. The normalized spacial score (nSPS) is 19.9. The third kappa shape index (κ3) is 1.96. The van der Waals surface area contributed by atoms with Gasteiger partial charge in [0, 0.05) is 7.05 Å². The van der Waals surface area contributed by atoms with Gasteiger partial charge in [0.1, 0.15) is 12.7 Å². The summed E-state index contributed by atoms with van der Waals surface area (Å²) in [7, 11) is 1.53. The number of likely N-dealkylation sites (N-methyl/N-ethyl adjacent to an activating group) is 1. The second-order valence-electron chi connectivity index (χ2n) is 3.15. The molecule has 1 atom stereocenters. The predicted octanol–water partition coefficient (Wildman–Crippen LogP) is 0.629. The number of nitrogens with zero attached hydrogens (tertiary/aromatic N) is 2. The SMILES string of the molecule is CCC(F)CN1C(=O)CN(C)C1=O. The number of carbonyl (C=O) groups excluding carboxylic acids is 2. The first-order valence-electron chi connectivity index (χ1n) is 4.25. The van der Waals surface area contributed by atoms with Gasteiger partial charge in [-0.3, -0.25) is 9.69 Å². The van der Waals surface area contributed by atoms with Crippen LogP contribution in [0.4, 0.5) is 9.18 Å². The molecule has 3 amide bonds. The van der Waals surface area contributed by atoms with Gasteiger partial charge in [-0.25, -0.2) is 9.18 Å². The molecule has 0 N–H and O–H groups in total. The maximum absolute atomic E-state index is 12.9. The lowest BCUT2D eigenvalue weighted by Gasteiger charge is -2.15. The van der Waals surface area contributed by atoms with Crippen LogP contribution in [0.3, 0.4) is 0 Å². The molecule has 0 aliphatic carbocycles. The first kappa shape index (κ1) is 9.95. The highest BCUT2D eigenvalue weighted by atomic mass is 19.1. The summed E-state index contributed by atoms with van der Waals surface area (Å²) in [6.07, 6.45) is -0.791. The molecule has 0 bridgehead atoms. The second-order valence-corrected chi connectivity index (χ2v) is 3.15. The van der Waals surface area contributed by atoms with Crippen molar-refractivity contribution >= 4 is 11.9 Å². The van der Waals surface area contributed by atoms with Crippen molar-refractivity contribution in [2.24, 2.45) is 0 Å². The smallest absolute Gasteiger partial charge is 0.318 e. The highest BCUT2D eigenvalue weighted by Gasteiger charge is 2.34. The number of hydrogen-bond acceptors (Lipinski definition) is 2. The second kappa shape index (κ2) is 3.72. The summed E-state index contributed by atoms with van der Waals surface area (Å²) < 4.78 is 12.9. The molecule has 0 aromatic heterocycles. The number of urea groups is 1. The van der Waals surface area contributed by atoms with Gasteiger partial charge in [0.25, 0.3) is 0 Å². The molecule has 0 aromatic carbocycles. The highest BCUT2D eigenvalue weighted by molar-refractivity contribution is 6.01. The van der Waals surface area contributed by atoms with Gasteiger partial charge in [0.2, 0.25) is 5.91 Å². The standard InChI is InChI=1S/C8H13FN2O2/c1-3-6(9)4-11-7(12)5-10(2)8(11)13/h6H,3-5H2,1-2H3. The Morgan fingerprint density at radius 1 is 1.54 bits per heavy atom. The van der Waals surface area contributed by atoms with Crippen LogP contribution in [0.15, 0.2) is 0 Å². The van der Waals surface area contributed by atoms with Gasteiger partial charge in [-0.05, 0) is 6.42 Å². The molecule has 1 fully saturated rings. The zero-order valence-corrected chi connectivity index (χ0v) is 7.79. The number of imide groups is 1. The maximum Gasteiger partial charge on any atom is 0.327 e. The minimum absolute atomic E-state index is 0.0647. The zero-order valence-electron chi connectivity index (χ0n) is 7.79. The van der Waals surface area contributed by atoms with E-state index in [1.165, 1.54) is 11.9 Å². The molecule has 4 nitrogen and oxygen atoms in total. The minimum Gasteiger partial charge on any atom is -0.318 e. The van der Waals surface area contributed by atoms with Crippen LogP contribution in [0.25, 0.3) is 0 Å². The van der Waals surface area contributed by atoms with E-state index in [-0.39, 0.29) is 19.0 Å². The molecule has 1 aliphatic rings. The monoisotopic (exact) mass is 188 g/mol. The first-order valence-corrected chi connectivity index (χ1v) is 4.25. The van der Waals surface area contributed by atoms with E-state index >= 15 is 0 Å². The quantitative estimate of drug-likeness (QED) is 0.609. The average Bonchev–Trinajstić information content (AvgIpc) is 2.32. The molecule has 0 aromatic rings. The summed E-state index contributed by atoms with van der Waals surface area (Å²) in [5.41, 5.74) is 0. The fourth-order valence-electron chi connectivity index (χ4n) is 1.18. The third-order valence-corrected chi connectivity index (χ3v) is 2.05. The topological polar surface area (TPSA) is 40.6 Å². The van der Waals surface area contributed by atoms with E-state index < -0.39 is 12.2 Å². The Labute approximate surface area is 76.3 Å². The van der Waals surface area contributed by atoms with Gasteiger partial charge in [-0.2, -0.15) is 0 Å². The van der Waals surface area contributed by atoms with Gasteiger partial charge < -0.3 is 4.90 Å². The molecule has 1 aliphatic heterocycles. The molecule has 0 spiro atoms. The number of amides is 3. The van der Waals surface area contributed by atoms with Crippen molar-refractivity contribution in [1.29, 1.82) is 0 Å². The molecule has 5 heteroatoms. The molecule has 13 heavy (non-hydrogen) atoms. The molecule has 1 rings (SSSR count). The van der Waals surface area contributed by atoms with E-state index in [0.717, 1.165) is 4.90 Å².